The quantitative estimate of drug-likeness (QED) is 0.214. The molecule has 6 heterocycles. The van der Waals surface area contributed by atoms with E-state index in [4.69, 9.17) is 11.6 Å². The van der Waals surface area contributed by atoms with Crippen LogP contribution in [0, 0.1) is 30.1 Å². The molecule has 0 radical (unpaired) electrons. The number of pyridine rings is 2. The Morgan fingerprint density at radius 1 is 1.16 bits per heavy atom. The van der Waals surface area contributed by atoms with E-state index < -0.39 is 18.0 Å². The molecule has 248 valence electrons. The molecule has 0 saturated carbocycles. The van der Waals surface area contributed by atoms with Crippen LogP contribution in [0.4, 0.5) is 14.6 Å². The number of carboxylic acid groups (broad SMARTS) is 1. The summed E-state index contributed by atoms with van der Waals surface area (Å²) in [7, 11) is 0. The van der Waals surface area contributed by atoms with E-state index in [9.17, 15) is 28.7 Å². The molecule has 2 aliphatic rings. The molecule has 2 fully saturated rings. The first-order chi connectivity index (χ1) is 23.6. The highest BCUT2D eigenvalue weighted by Gasteiger charge is 2.47. The summed E-state index contributed by atoms with van der Waals surface area (Å²) < 4.78 is 28.3. The zero-order valence-corrected chi connectivity index (χ0v) is 27.8. The van der Waals surface area contributed by atoms with Gasteiger partial charge in [-0.15, -0.1) is 11.3 Å². The predicted octanol–water partition coefficient (Wildman–Crippen LogP) is 5.96. The second kappa shape index (κ2) is 12.8. The Bertz CT molecular complexity index is 2320. The van der Waals surface area contributed by atoms with Gasteiger partial charge in [0, 0.05) is 58.5 Å². The third kappa shape index (κ3) is 5.78. The number of fused-ring (bicyclic) bond motifs is 2. The summed E-state index contributed by atoms with van der Waals surface area (Å²) in [5.74, 6) is 5.95. The van der Waals surface area contributed by atoms with Crippen molar-refractivity contribution in [3.63, 3.8) is 0 Å². The van der Waals surface area contributed by atoms with Crippen LogP contribution in [0.2, 0.25) is 5.02 Å². The highest BCUT2D eigenvalue weighted by Crippen LogP contribution is 2.41. The molecular weight excluding hydrogens is 672 g/mol. The normalized spacial score (nSPS) is 15.7. The van der Waals surface area contributed by atoms with Crippen LogP contribution in [0.1, 0.15) is 46.6 Å². The molecule has 10 nitrogen and oxygen atoms in total. The zero-order chi connectivity index (χ0) is 34.4. The average molecular weight is 700 g/mol. The number of likely N-dealkylation sites (tertiary alicyclic amines) is 1. The molecule has 14 heteroatoms. The third-order valence-corrected chi connectivity index (χ3v) is 10.8. The number of anilines is 1. The van der Waals surface area contributed by atoms with Gasteiger partial charge in [0.25, 0.3) is 12.0 Å². The molecule has 0 atom stereocenters. The van der Waals surface area contributed by atoms with Gasteiger partial charge in [-0.25, -0.2) is 23.5 Å². The van der Waals surface area contributed by atoms with E-state index >= 15 is 0 Å². The van der Waals surface area contributed by atoms with Crippen molar-refractivity contribution in [3.8, 4) is 29.0 Å². The zero-order valence-electron chi connectivity index (χ0n) is 26.2. The van der Waals surface area contributed by atoms with E-state index in [0.717, 1.165) is 12.0 Å². The molecule has 1 N–H and O–H groups in total. The minimum atomic E-state index is -2.38. The van der Waals surface area contributed by atoms with E-state index in [1.165, 1.54) is 22.1 Å². The van der Waals surface area contributed by atoms with Crippen LogP contribution < -0.4 is 10.5 Å². The number of carboxylic acids is 1. The Kier molecular flexibility index (Phi) is 8.53. The average Bonchev–Trinajstić information content (AvgIpc) is 3.53. The van der Waals surface area contributed by atoms with Crippen molar-refractivity contribution in [2.75, 3.05) is 31.1 Å². The van der Waals surface area contributed by atoms with Crippen molar-refractivity contribution in [2.24, 2.45) is 0 Å². The second-order valence-corrected chi connectivity index (χ2v) is 13.5. The van der Waals surface area contributed by atoms with Crippen LogP contribution in [0.5, 0.6) is 0 Å². The van der Waals surface area contributed by atoms with Gasteiger partial charge >= 0.3 is 5.97 Å². The van der Waals surface area contributed by atoms with Gasteiger partial charge in [-0.05, 0) is 50.5 Å². The maximum atomic E-state index is 14.0. The monoisotopic (exact) mass is 699 g/mol. The van der Waals surface area contributed by atoms with Crippen molar-refractivity contribution in [1.82, 2.24) is 24.4 Å². The number of carbonyl (C=O) groups is 1. The van der Waals surface area contributed by atoms with Crippen LogP contribution in [0.25, 0.3) is 32.2 Å². The molecule has 4 aromatic heterocycles. The lowest BCUT2D eigenvalue weighted by Gasteiger charge is -2.56. The number of thiophene rings is 1. The molecule has 0 unspecified atom stereocenters. The van der Waals surface area contributed by atoms with Crippen LogP contribution in [-0.2, 0) is 6.54 Å². The Balaban J connectivity index is 1.20. The number of nitrogens with zero attached hydrogens (tertiary/aromatic N) is 7. The molecular formula is C35H28ClF2N7O3S. The molecule has 0 amide bonds. The van der Waals surface area contributed by atoms with E-state index in [1.54, 1.807) is 42.8 Å². The maximum absolute atomic E-state index is 14.0. The molecule has 5 aromatic rings. The van der Waals surface area contributed by atoms with E-state index in [0.29, 0.717) is 76.0 Å². The minimum Gasteiger partial charge on any atom is -0.478 e. The summed E-state index contributed by atoms with van der Waals surface area (Å²) in [6.45, 7) is 3.16. The molecule has 0 bridgehead atoms. The first kappa shape index (κ1) is 32.6. The number of nitriles is 1. The number of aromatic nitrogens is 4. The van der Waals surface area contributed by atoms with Gasteiger partial charge in [-0.1, -0.05) is 23.4 Å². The SMILES string of the molecule is Cc1nc2cnc(N3CCC4(CC3)CCN4CC(F)F)c(C#N)c2c(=O)n1CC#Cc1ccc(Cl)cc1-c1ccnc2c(C(=O)O)csc12. The predicted molar refractivity (Wildman–Crippen MR) is 184 cm³/mol. The van der Waals surface area contributed by atoms with Gasteiger partial charge in [0.05, 0.1) is 46.0 Å². The molecule has 2 aliphatic heterocycles. The fourth-order valence-electron chi connectivity index (χ4n) is 6.94. The van der Waals surface area contributed by atoms with E-state index in [1.807, 2.05) is 9.80 Å². The summed E-state index contributed by atoms with van der Waals surface area (Å²) in [6, 6.07) is 9.20. The lowest BCUT2D eigenvalue weighted by atomic mass is 9.76. The van der Waals surface area contributed by atoms with Crippen LogP contribution in [0.15, 0.2) is 46.8 Å². The largest absolute Gasteiger partial charge is 0.478 e. The fourth-order valence-corrected chi connectivity index (χ4v) is 8.14. The minimum absolute atomic E-state index is 0.0156. The highest BCUT2D eigenvalue weighted by molar-refractivity contribution is 7.18. The number of benzene rings is 1. The number of aryl methyl sites for hydroxylation is 1. The van der Waals surface area contributed by atoms with Crippen molar-refractivity contribution in [2.45, 2.75) is 44.7 Å². The van der Waals surface area contributed by atoms with Crippen molar-refractivity contribution in [3.05, 3.63) is 79.9 Å². The van der Waals surface area contributed by atoms with Gasteiger partial charge < -0.3 is 10.0 Å². The van der Waals surface area contributed by atoms with Crippen LogP contribution in [0.3, 0.4) is 0 Å². The summed E-state index contributed by atoms with van der Waals surface area (Å²) in [5, 5.41) is 22.0. The molecule has 1 spiro atoms. The molecule has 0 aliphatic carbocycles. The Labute approximate surface area is 288 Å². The Hall–Kier alpha value is -4.95. The molecule has 1 aromatic carbocycles. The van der Waals surface area contributed by atoms with Gasteiger partial charge in [0.1, 0.15) is 23.3 Å². The summed E-state index contributed by atoms with van der Waals surface area (Å²) in [6.07, 6.45) is 2.87. The molecule has 49 heavy (non-hydrogen) atoms. The summed E-state index contributed by atoms with van der Waals surface area (Å²) in [4.78, 5) is 42.9. The maximum Gasteiger partial charge on any atom is 0.338 e. The van der Waals surface area contributed by atoms with Crippen LogP contribution in [-0.4, -0.2) is 73.6 Å². The molecule has 7 rings (SSSR count). The number of hydrogen-bond acceptors (Lipinski definition) is 9. The first-order valence-corrected chi connectivity index (χ1v) is 16.8. The standard InChI is InChI=1S/C35H28ClF2N7O3S/c1-20-42-27-17-41-32(43-12-7-35(8-13-43)9-14-44(35)18-28(37)38)25(16-39)29(27)33(46)45(20)11-2-3-21-4-5-22(36)15-24(21)23-6-10-40-30-26(34(47)48)19-49-31(23)30/h4-6,10,15,17,19,28H,7-9,11-14,18H2,1H3,(H,47,48). The first-order valence-electron chi connectivity index (χ1n) is 15.6. The number of aromatic carboxylic acids is 1. The van der Waals surface area contributed by atoms with Gasteiger partial charge in [-0.2, -0.15) is 5.26 Å². The van der Waals surface area contributed by atoms with E-state index in [2.05, 4.69) is 32.9 Å². The number of alkyl halides is 2. The van der Waals surface area contributed by atoms with Gasteiger partial charge in [-0.3, -0.25) is 19.2 Å². The Morgan fingerprint density at radius 2 is 1.94 bits per heavy atom. The summed E-state index contributed by atoms with van der Waals surface area (Å²) in [5.41, 5.74) is 2.30. The Morgan fingerprint density at radius 3 is 2.63 bits per heavy atom. The van der Waals surface area contributed by atoms with Crippen molar-refractivity contribution >= 4 is 55.8 Å². The smallest absolute Gasteiger partial charge is 0.338 e. The number of hydrogen-bond donors (Lipinski definition) is 1. The number of halogens is 3. The lowest BCUT2D eigenvalue weighted by molar-refractivity contribution is -0.0657. The van der Waals surface area contributed by atoms with Crippen LogP contribution >= 0.6 is 22.9 Å². The highest BCUT2D eigenvalue weighted by atomic mass is 35.5. The topological polar surface area (TPSA) is 128 Å². The summed E-state index contributed by atoms with van der Waals surface area (Å²) >= 11 is 7.65. The fraction of sp³-hybridized carbons (Fsp3) is 0.314. The van der Waals surface area contributed by atoms with Gasteiger partial charge in [0.15, 0.2) is 0 Å². The lowest BCUT2D eigenvalue weighted by Crippen LogP contribution is -2.65. The van der Waals surface area contributed by atoms with E-state index in [-0.39, 0.29) is 35.1 Å². The third-order valence-electron chi connectivity index (χ3n) is 9.57. The number of piperidine rings is 1. The van der Waals surface area contributed by atoms with Gasteiger partial charge in [0.2, 0.25) is 0 Å². The van der Waals surface area contributed by atoms with Crippen molar-refractivity contribution < 1.29 is 18.7 Å². The van der Waals surface area contributed by atoms with Crippen molar-refractivity contribution in [1.29, 1.82) is 5.26 Å². The number of rotatable bonds is 6. The molecule has 2 saturated heterocycles. The second-order valence-electron chi connectivity index (χ2n) is 12.2.